The Morgan fingerprint density at radius 1 is 1.21 bits per heavy atom. The van der Waals surface area contributed by atoms with Gasteiger partial charge in [0, 0.05) is 43.8 Å². The summed E-state index contributed by atoms with van der Waals surface area (Å²) in [6.07, 6.45) is 1.73. The number of ketones is 1. The van der Waals surface area contributed by atoms with Gasteiger partial charge in [-0.1, -0.05) is 18.2 Å². The average molecular weight is 382 g/mol. The highest BCUT2D eigenvalue weighted by Gasteiger charge is 2.25. The average Bonchev–Trinajstić information content (AvgIpc) is 3.10. The Balaban J connectivity index is 1.86. The van der Waals surface area contributed by atoms with Crippen molar-refractivity contribution < 1.29 is 19.1 Å². The minimum atomic E-state index is -0.669. The number of carbonyl (C=O) groups is 3. The van der Waals surface area contributed by atoms with Crippen molar-refractivity contribution in [3.63, 3.8) is 0 Å². The van der Waals surface area contributed by atoms with Crippen molar-refractivity contribution in [2.24, 2.45) is 0 Å². The molecule has 8 heteroatoms. The van der Waals surface area contributed by atoms with E-state index in [1.807, 2.05) is 18.2 Å². The van der Waals surface area contributed by atoms with Gasteiger partial charge in [0.15, 0.2) is 0 Å². The maximum absolute atomic E-state index is 12.8. The van der Waals surface area contributed by atoms with E-state index in [1.165, 1.54) is 11.9 Å². The summed E-state index contributed by atoms with van der Waals surface area (Å²) in [7, 11) is 1.50. The zero-order valence-corrected chi connectivity index (χ0v) is 15.8. The number of rotatable bonds is 6. The maximum atomic E-state index is 12.8. The van der Waals surface area contributed by atoms with Crippen LogP contribution in [-0.2, 0) is 20.9 Å². The summed E-state index contributed by atoms with van der Waals surface area (Å²) in [4.78, 5) is 40.8. The standard InChI is InChI=1S/C20H22N4O4/c1-22(8-4-7-21)20(27)19(26)16-13-24(17-6-3-2-5-15(16)17)14-18(25)23-9-11-28-12-10-23/h2-3,5-6,13H,4,8-12,14H2,1H3. The maximum Gasteiger partial charge on any atom is 0.294 e. The zero-order chi connectivity index (χ0) is 20.1. The molecule has 0 N–H and O–H groups in total. The topological polar surface area (TPSA) is 95.6 Å². The van der Waals surface area contributed by atoms with Gasteiger partial charge in [0.25, 0.3) is 11.7 Å². The highest BCUT2D eigenvalue weighted by atomic mass is 16.5. The van der Waals surface area contributed by atoms with E-state index >= 15 is 0 Å². The molecule has 0 unspecified atom stereocenters. The molecule has 3 rings (SSSR count). The van der Waals surface area contributed by atoms with Crippen molar-refractivity contribution in [3.05, 3.63) is 36.0 Å². The van der Waals surface area contributed by atoms with Crippen molar-refractivity contribution in [3.8, 4) is 6.07 Å². The molecule has 8 nitrogen and oxygen atoms in total. The van der Waals surface area contributed by atoms with E-state index < -0.39 is 11.7 Å². The number of ether oxygens (including phenoxy) is 1. The monoisotopic (exact) mass is 382 g/mol. The number of para-hydroxylation sites is 1. The molecule has 2 amide bonds. The molecule has 28 heavy (non-hydrogen) atoms. The second-order valence-electron chi connectivity index (χ2n) is 6.64. The summed E-state index contributed by atoms with van der Waals surface area (Å²) in [5, 5.41) is 9.30. The smallest absolute Gasteiger partial charge is 0.294 e. The van der Waals surface area contributed by atoms with Crippen molar-refractivity contribution in [2.75, 3.05) is 39.9 Å². The van der Waals surface area contributed by atoms with Gasteiger partial charge in [-0.15, -0.1) is 0 Å². The fourth-order valence-electron chi connectivity index (χ4n) is 3.22. The number of carbonyl (C=O) groups excluding carboxylic acids is 3. The normalized spacial score (nSPS) is 13.9. The van der Waals surface area contributed by atoms with E-state index in [-0.39, 0.29) is 31.0 Å². The van der Waals surface area contributed by atoms with Crippen LogP contribution in [0.3, 0.4) is 0 Å². The SMILES string of the molecule is CN(CCC#N)C(=O)C(=O)c1cn(CC(=O)N2CCOCC2)c2ccccc12. The van der Waals surface area contributed by atoms with Gasteiger partial charge in [-0.3, -0.25) is 14.4 Å². The Labute approximate surface area is 162 Å². The van der Waals surface area contributed by atoms with Crippen LogP contribution in [0, 0.1) is 11.3 Å². The molecule has 0 atom stereocenters. The van der Waals surface area contributed by atoms with E-state index in [2.05, 4.69) is 0 Å². The third-order valence-electron chi connectivity index (χ3n) is 4.80. The molecule has 1 aliphatic rings. The van der Waals surface area contributed by atoms with E-state index in [0.29, 0.717) is 31.7 Å². The number of likely N-dealkylation sites (N-methyl/N-ethyl adjacent to an activating group) is 1. The van der Waals surface area contributed by atoms with Gasteiger partial charge >= 0.3 is 0 Å². The van der Waals surface area contributed by atoms with Crippen molar-refractivity contribution in [1.82, 2.24) is 14.4 Å². The Bertz CT molecular complexity index is 937. The second-order valence-corrected chi connectivity index (χ2v) is 6.64. The van der Waals surface area contributed by atoms with Gasteiger partial charge in [0.2, 0.25) is 5.91 Å². The third kappa shape index (κ3) is 4.05. The lowest BCUT2D eigenvalue weighted by Crippen LogP contribution is -2.42. The van der Waals surface area contributed by atoms with E-state index in [9.17, 15) is 14.4 Å². The number of amides is 2. The number of fused-ring (bicyclic) bond motifs is 1. The van der Waals surface area contributed by atoms with Gasteiger partial charge in [-0.25, -0.2) is 0 Å². The van der Waals surface area contributed by atoms with Crippen LogP contribution in [0.15, 0.2) is 30.5 Å². The lowest BCUT2D eigenvalue weighted by molar-refractivity contribution is -0.135. The largest absolute Gasteiger partial charge is 0.378 e. The number of Topliss-reactive ketones (excluding diaryl/α,β-unsaturated/α-hetero) is 1. The van der Waals surface area contributed by atoms with Crippen LogP contribution in [0.2, 0.25) is 0 Å². The fourth-order valence-corrected chi connectivity index (χ4v) is 3.22. The second kappa shape index (κ2) is 8.67. The first-order chi connectivity index (χ1) is 13.5. The minimum absolute atomic E-state index is 0.0551. The molecule has 1 aliphatic heterocycles. The first kappa shape index (κ1) is 19.6. The molecular weight excluding hydrogens is 360 g/mol. The van der Waals surface area contributed by atoms with Crippen molar-refractivity contribution in [1.29, 1.82) is 5.26 Å². The number of morpholine rings is 1. The number of hydrogen-bond acceptors (Lipinski definition) is 5. The molecular formula is C20H22N4O4. The molecule has 0 aliphatic carbocycles. The molecule has 2 heterocycles. The fraction of sp³-hybridized carbons (Fsp3) is 0.400. The molecule has 1 aromatic carbocycles. The van der Waals surface area contributed by atoms with E-state index in [0.717, 1.165) is 5.52 Å². The van der Waals surface area contributed by atoms with Gasteiger partial charge < -0.3 is 19.1 Å². The first-order valence-electron chi connectivity index (χ1n) is 9.13. The van der Waals surface area contributed by atoms with Crippen LogP contribution >= 0.6 is 0 Å². The summed E-state index contributed by atoms with van der Waals surface area (Å²) in [5.41, 5.74) is 0.985. The van der Waals surface area contributed by atoms with Crippen molar-refractivity contribution >= 4 is 28.5 Å². The van der Waals surface area contributed by atoms with Crippen LogP contribution < -0.4 is 0 Å². The lowest BCUT2D eigenvalue weighted by atomic mass is 10.1. The zero-order valence-electron chi connectivity index (χ0n) is 15.8. The van der Waals surface area contributed by atoms with Crippen LogP contribution in [0.4, 0.5) is 0 Å². The first-order valence-corrected chi connectivity index (χ1v) is 9.13. The highest BCUT2D eigenvalue weighted by Crippen LogP contribution is 2.22. The molecule has 1 fully saturated rings. The Morgan fingerprint density at radius 2 is 1.93 bits per heavy atom. The van der Waals surface area contributed by atoms with Gasteiger partial charge in [0.05, 0.1) is 31.3 Å². The summed E-state index contributed by atoms with van der Waals surface area (Å²) < 4.78 is 6.99. The summed E-state index contributed by atoms with van der Waals surface area (Å²) in [6.45, 7) is 2.41. The quantitative estimate of drug-likeness (QED) is 0.550. The Kier molecular flexibility index (Phi) is 6.06. The number of aromatic nitrogens is 1. The van der Waals surface area contributed by atoms with Crippen LogP contribution in [-0.4, -0.2) is 71.9 Å². The number of nitriles is 1. The van der Waals surface area contributed by atoms with Crippen molar-refractivity contribution in [2.45, 2.75) is 13.0 Å². The third-order valence-corrected chi connectivity index (χ3v) is 4.80. The van der Waals surface area contributed by atoms with Crippen LogP contribution in [0.25, 0.3) is 10.9 Å². The molecule has 0 saturated carbocycles. The number of nitrogens with zero attached hydrogens (tertiary/aromatic N) is 4. The van der Waals surface area contributed by atoms with Crippen LogP contribution in [0.1, 0.15) is 16.8 Å². The van der Waals surface area contributed by atoms with Gasteiger partial charge in [-0.2, -0.15) is 5.26 Å². The summed E-state index contributed by atoms with van der Waals surface area (Å²) in [5.74, 6) is -1.37. The minimum Gasteiger partial charge on any atom is -0.378 e. The van der Waals surface area contributed by atoms with Crippen LogP contribution in [0.5, 0.6) is 0 Å². The van der Waals surface area contributed by atoms with E-state index in [1.54, 1.807) is 27.8 Å². The number of hydrogen-bond donors (Lipinski definition) is 0. The molecule has 1 aromatic heterocycles. The molecule has 2 aromatic rings. The Hall–Kier alpha value is -3.18. The van der Waals surface area contributed by atoms with E-state index in [4.69, 9.17) is 10.00 Å². The summed E-state index contributed by atoms with van der Waals surface area (Å²) in [6, 6.07) is 9.16. The Morgan fingerprint density at radius 3 is 2.64 bits per heavy atom. The molecule has 1 saturated heterocycles. The molecule has 0 spiro atoms. The van der Waals surface area contributed by atoms with Gasteiger partial charge in [0.1, 0.15) is 6.54 Å². The highest BCUT2D eigenvalue weighted by molar-refractivity contribution is 6.44. The molecule has 0 radical (unpaired) electrons. The molecule has 0 bridgehead atoms. The predicted octanol–water partition coefficient (Wildman–Crippen LogP) is 1.05. The van der Waals surface area contributed by atoms with Gasteiger partial charge in [-0.05, 0) is 6.07 Å². The summed E-state index contributed by atoms with van der Waals surface area (Å²) >= 11 is 0. The lowest BCUT2D eigenvalue weighted by Gasteiger charge is -2.27. The number of benzene rings is 1. The predicted molar refractivity (Wildman–Crippen MR) is 102 cm³/mol. The molecule has 146 valence electrons.